The van der Waals surface area contributed by atoms with Crippen LogP contribution in [0.5, 0.6) is 0 Å². The van der Waals surface area contributed by atoms with Crippen LogP contribution in [0.3, 0.4) is 0 Å². The maximum absolute atomic E-state index is 14.8. The second-order valence-electron chi connectivity index (χ2n) is 6.56. The maximum atomic E-state index is 14.8. The SMILES string of the molecule is Cc1ccccc1-n1ccnc1C(=O)[C@@H](C)C(F)(F)c1c(F)c(F)c(F)c(F)c1F. The number of rotatable bonds is 5. The van der Waals surface area contributed by atoms with E-state index in [2.05, 4.69) is 4.98 Å². The molecule has 1 atom stereocenters. The van der Waals surface area contributed by atoms with Crippen LogP contribution < -0.4 is 0 Å². The molecule has 0 unspecified atom stereocenters. The number of hydrogen-bond acceptors (Lipinski definition) is 2. The highest BCUT2D eigenvalue weighted by Crippen LogP contribution is 2.42. The number of Topliss-reactive ketones (excluding diaryl/α,β-unsaturated/α-hetero) is 1. The molecule has 0 bridgehead atoms. The van der Waals surface area contributed by atoms with E-state index < -0.39 is 58.1 Å². The maximum Gasteiger partial charge on any atom is 0.288 e. The minimum atomic E-state index is -4.72. The van der Waals surface area contributed by atoms with Crippen molar-refractivity contribution in [3.05, 3.63) is 82.7 Å². The molecular weight excluding hydrogens is 417 g/mol. The van der Waals surface area contributed by atoms with Crippen molar-refractivity contribution >= 4 is 5.78 Å². The zero-order valence-electron chi connectivity index (χ0n) is 15.5. The van der Waals surface area contributed by atoms with Crippen LogP contribution in [0.1, 0.15) is 28.7 Å². The van der Waals surface area contributed by atoms with Crippen molar-refractivity contribution in [1.82, 2.24) is 9.55 Å². The van der Waals surface area contributed by atoms with E-state index in [0.29, 0.717) is 18.2 Å². The van der Waals surface area contributed by atoms with Gasteiger partial charge in [-0.25, -0.2) is 35.7 Å². The largest absolute Gasteiger partial charge is 0.297 e. The first-order chi connectivity index (χ1) is 14.0. The molecule has 158 valence electrons. The molecule has 3 nitrogen and oxygen atoms in total. The lowest BCUT2D eigenvalue weighted by Gasteiger charge is -2.24. The number of para-hydroxylation sites is 1. The third-order valence-electron chi connectivity index (χ3n) is 4.72. The molecular formula is C20H13F7N2O. The lowest BCUT2D eigenvalue weighted by molar-refractivity contribution is -0.0534. The van der Waals surface area contributed by atoms with Crippen molar-refractivity contribution in [3.63, 3.8) is 0 Å². The Kier molecular flexibility index (Phi) is 5.44. The zero-order chi connectivity index (χ0) is 22.4. The van der Waals surface area contributed by atoms with Gasteiger partial charge in [-0.2, -0.15) is 0 Å². The molecule has 0 saturated heterocycles. The first-order valence-corrected chi connectivity index (χ1v) is 8.53. The highest BCUT2D eigenvalue weighted by atomic mass is 19.3. The van der Waals surface area contributed by atoms with E-state index in [1.165, 1.54) is 10.8 Å². The van der Waals surface area contributed by atoms with Gasteiger partial charge in [0.2, 0.25) is 11.6 Å². The summed E-state index contributed by atoms with van der Waals surface area (Å²) in [5.74, 6) is -22.1. The number of nitrogens with zero attached hydrogens (tertiary/aromatic N) is 2. The summed E-state index contributed by atoms with van der Waals surface area (Å²) in [6, 6.07) is 6.61. The Morgan fingerprint density at radius 2 is 1.50 bits per heavy atom. The average Bonchev–Trinajstić information content (AvgIpc) is 3.19. The van der Waals surface area contributed by atoms with Crippen LogP contribution in [0, 0.1) is 41.9 Å². The number of carbonyl (C=O) groups is 1. The van der Waals surface area contributed by atoms with Gasteiger partial charge in [0.1, 0.15) is 0 Å². The third-order valence-corrected chi connectivity index (χ3v) is 4.72. The van der Waals surface area contributed by atoms with Gasteiger partial charge in [0.05, 0.1) is 17.2 Å². The second kappa shape index (κ2) is 7.58. The number of halogens is 7. The smallest absolute Gasteiger partial charge is 0.288 e. The molecule has 0 N–H and O–H groups in total. The molecule has 3 rings (SSSR count). The zero-order valence-corrected chi connectivity index (χ0v) is 15.5. The van der Waals surface area contributed by atoms with Gasteiger partial charge in [-0.15, -0.1) is 0 Å². The number of alkyl halides is 2. The third kappa shape index (κ3) is 3.25. The summed E-state index contributed by atoms with van der Waals surface area (Å²) >= 11 is 0. The number of imidazole rings is 1. The minimum absolute atomic E-state index is 0.435. The fraction of sp³-hybridized carbons (Fsp3) is 0.200. The first-order valence-electron chi connectivity index (χ1n) is 8.53. The molecule has 0 fully saturated rings. The summed E-state index contributed by atoms with van der Waals surface area (Å²) in [5, 5.41) is 0. The van der Waals surface area contributed by atoms with Crippen LogP contribution in [0.25, 0.3) is 5.69 Å². The van der Waals surface area contributed by atoms with E-state index in [0.717, 1.165) is 6.20 Å². The fourth-order valence-electron chi connectivity index (χ4n) is 2.99. The lowest BCUT2D eigenvalue weighted by Crippen LogP contribution is -2.34. The molecule has 10 heteroatoms. The van der Waals surface area contributed by atoms with Crippen molar-refractivity contribution in [1.29, 1.82) is 0 Å². The predicted molar refractivity (Wildman–Crippen MR) is 91.9 cm³/mol. The number of aryl methyl sites for hydroxylation is 1. The number of carbonyl (C=O) groups excluding carboxylic acids is 1. The van der Waals surface area contributed by atoms with Crippen molar-refractivity contribution < 1.29 is 35.5 Å². The van der Waals surface area contributed by atoms with E-state index in [4.69, 9.17) is 0 Å². The predicted octanol–water partition coefficient (Wildman–Crippen LogP) is 5.49. The molecule has 0 spiro atoms. The van der Waals surface area contributed by atoms with E-state index >= 15 is 0 Å². The van der Waals surface area contributed by atoms with Crippen molar-refractivity contribution in [2.24, 2.45) is 5.92 Å². The van der Waals surface area contributed by atoms with Crippen molar-refractivity contribution in [3.8, 4) is 5.69 Å². The van der Waals surface area contributed by atoms with Crippen molar-refractivity contribution in [2.45, 2.75) is 19.8 Å². The highest BCUT2D eigenvalue weighted by Gasteiger charge is 2.50. The molecule has 3 aromatic rings. The fourth-order valence-corrected chi connectivity index (χ4v) is 2.99. The van der Waals surface area contributed by atoms with Gasteiger partial charge in [-0.3, -0.25) is 9.36 Å². The number of benzene rings is 2. The molecule has 2 aromatic carbocycles. The molecule has 1 aromatic heterocycles. The Hall–Kier alpha value is -3.17. The topological polar surface area (TPSA) is 34.9 Å². The summed E-state index contributed by atoms with van der Waals surface area (Å²) in [6.45, 7) is 2.31. The number of ketones is 1. The van der Waals surface area contributed by atoms with Gasteiger partial charge in [0.15, 0.2) is 29.1 Å². The van der Waals surface area contributed by atoms with Gasteiger partial charge < -0.3 is 0 Å². The van der Waals surface area contributed by atoms with Crippen molar-refractivity contribution in [2.75, 3.05) is 0 Å². The second-order valence-corrected chi connectivity index (χ2v) is 6.56. The quantitative estimate of drug-likeness (QED) is 0.232. The lowest BCUT2D eigenvalue weighted by atomic mass is 9.90. The van der Waals surface area contributed by atoms with Crippen LogP contribution in [0.2, 0.25) is 0 Å². The van der Waals surface area contributed by atoms with E-state index in [1.807, 2.05) is 0 Å². The summed E-state index contributed by atoms with van der Waals surface area (Å²) in [6.07, 6.45) is 2.47. The molecule has 0 aliphatic rings. The van der Waals surface area contributed by atoms with E-state index in [-0.39, 0.29) is 0 Å². The molecule has 0 aliphatic carbocycles. The van der Waals surface area contributed by atoms with Crippen LogP contribution in [0.4, 0.5) is 30.7 Å². The molecule has 0 saturated carbocycles. The van der Waals surface area contributed by atoms with Gasteiger partial charge in [-0.1, -0.05) is 18.2 Å². The summed E-state index contributed by atoms with van der Waals surface area (Å²) in [7, 11) is 0. The molecule has 1 heterocycles. The number of aromatic nitrogens is 2. The average molecular weight is 430 g/mol. The van der Waals surface area contributed by atoms with Gasteiger partial charge in [0.25, 0.3) is 5.92 Å². The van der Waals surface area contributed by atoms with Crippen LogP contribution in [0.15, 0.2) is 36.7 Å². The molecule has 30 heavy (non-hydrogen) atoms. The van der Waals surface area contributed by atoms with Gasteiger partial charge >= 0.3 is 0 Å². The van der Waals surface area contributed by atoms with Crippen LogP contribution in [-0.2, 0) is 5.92 Å². The number of hydrogen-bond donors (Lipinski definition) is 0. The van der Waals surface area contributed by atoms with Crippen LogP contribution in [-0.4, -0.2) is 15.3 Å². The molecule has 0 aliphatic heterocycles. The first kappa shape index (κ1) is 21.5. The molecule has 0 amide bonds. The summed E-state index contributed by atoms with van der Waals surface area (Å²) in [5.41, 5.74) is -1.26. The summed E-state index contributed by atoms with van der Waals surface area (Å²) in [4.78, 5) is 16.5. The monoisotopic (exact) mass is 430 g/mol. The Bertz CT molecular complexity index is 1110. The standard InChI is InChI=1S/C20H13F7N2O/c1-9-5-3-4-6-11(9)29-8-7-28-19(29)18(30)10(2)20(26,27)12-13(21)15(23)17(25)16(24)14(12)22/h3-8,10H,1-2H3/t10-/m1/s1. The Morgan fingerprint density at radius 1 is 0.967 bits per heavy atom. The van der Waals surface area contributed by atoms with Gasteiger partial charge in [-0.05, 0) is 25.5 Å². The highest BCUT2D eigenvalue weighted by molar-refractivity contribution is 5.96. The van der Waals surface area contributed by atoms with E-state index in [9.17, 15) is 35.5 Å². The Balaban J connectivity index is 2.09. The normalized spacial score (nSPS) is 12.8. The van der Waals surface area contributed by atoms with Gasteiger partial charge in [0, 0.05) is 12.4 Å². The Labute approximate surface area is 165 Å². The minimum Gasteiger partial charge on any atom is -0.297 e. The molecule has 0 radical (unpaired) electrons. The summed E-state index contributed by atoms with van der Waals surface area (Å²) < 4.78 is 98.7. The Morgan fingerprint density at radius 3 is 2.07 bits per heavy atom. The van der Waals surface area contributed by atoms with Crippen LogP contribution >= 0.6 is 0 Å². The van der Waals surface area contributed by atoms with E-state index in [1.54, 1.807) is 31.2 Å².